The van der Waals surface area contributed by atoms with Gasteiger partial charge in [-0.2, -0.15) is 0 Å². The molecule has 1 aliphatic heterocycles. The second kappa shape index (κ2) is 10.1. The zero-order valence-electron chi connectivity index (χ0n) is 18.7. The van der Waals surface area contributed by atoms with E-state index in [9.17, 15) is 4.79 Å². The molecule has 0 spiro atoms. The van der Waals surface area contributed by atoms with E-state index in [-0.39, 0.29) is 12.0 Å². The van der Waals surface area contributed by atoms with Gasteiger partial charge in [-0.15, -0.1) is 11.3 Å². The van der Waals surface area contributed by atoms with Crippen LogP contribution in [0.15, 0.2) is 60.2 Å². The lowest BCUT2D eigenvalue weighted by atomic mass is 10.0. The minimum Gasteiger partial charge on any atom is -0.497 e. The molecule has 0 radical (unpaired) electrons. The predicted octanol–water partition coefficient (Wildman–Crippen LogP) is 5.84. The van der Waals surface area contributed by atoms with Crippen LogP contribution in [0.1, 0.15) is 28.1 Å². The Bertz CT molecular complexity index is 1290. The predicted molar refractivity (Wildman–Crippen MR) is 135 cm³/mol. The van der Waals surface area contributed by atoms with Gasteiger partial charge in [0.2, 0.25) is 0 Å². The fraction of sp³-hybridized carbons (Fsp3) is 0.269. The van der Waals surface area contributed by atoms with Gasteiger partial charge in [0.1, 0.15) is 10.6 Å². The van der Waals surface area contributed by atoms with Gasteiger partial charge in [0, 0.05) is 35.7 Å². The number of ether oxygens (including phenoxy) is 2. The molecule has 0 N–H and O–H groups in total. The Hall–Kier alpha value is -3.00. The minimum atomic E-state index is -0.0464. The van der Waals surface area contributed by atoms with E-state index in [1.807, 2.05) is 47.4 Å². The van der Waals surface area contributed by atoms with Gasteiger partial charge in [0.25, 0.3) is 5.91 Å². The number of hydrogen-bond acceptors (Lipinski definition) is 6. The van der Waals surface area contributed by atoms with Gasteiger partial charge in [-0.1, -0.05) is 17.7 Å². The average Bonchev–Trinajstić information content (AvgIpc) is 3.58. The van der Waals surface area contributed by atoms with E-state index in [0.29, 0.717) is 23.0 Å². The molecule has 1 amide bonds. The van der Waals surface area contributed by atoms with Crippen molar-refractivity contribution in [2.24, 2.45) is 0 Å². The zero-order valence-corrected chi connectivity index (χ0v) is 20.3. The normalized spacial score (nSPS) is 15.5. The lowest BCUT2D eigenvalue weighted by molar-refractivity contribution is 0.0511. The van der Waals surface area contributed by atoms with E-state index >= 15 is 0 Å². The van der Waals surface area contributed by atoms with Crippen LogP contribution in [0.25, 0.3) is 22.2 Å². The van der Waals surface area contributed by atoms with Crippen molar-refractivity contribution >= 4 is 39.7 Å². The van der Waals surface area contributed by atoms with E-state index in [4.69, 9.17) is 26.1 Å². The lowest BCUT2D eigenvalue weighted by Gasteiger charge is -2.26. The van der Waals surface area contributed by atoms with Gasteiger partial charge >= 0.3 is 0 Å². The molecular formula is C26H24ClN3O3S. The Morgan fingerprint density at radius 2 is 2.09 bits per heavy atom. The van der Waals surface area contributed by atoms with Crippen LogP contribution >= 0.6 is 22.9 Å². The summed E-state index contributed by atoms with van der Waals surface area (Å²) in [7, 11) is 1.64. The summed E-state index contributed by atoms with van der Waals surface area (Å²) < 4.78 is 11.2. The average molecular weight is 494 g/mol. The highest BCUT2D eigenvalue weighted by molar-refractivity contribution is 7.11. The van der Waals surface area contributed by atoms with Crippen LogP contribution in [0.2, 0.25) is 5.02 Å². The summed E-state index contributed by atoms with van der Waals surface area (Å²) in [5.74, 6) is 0.726. The van der Waals surface area contributed by atoms with Crippen LogP contribution in [0.4, 0.5) is 0 Å². The molecule has 2 aromatic carbocycles. The molecule has 1 atom stereocenters. The van der Waals surface area contributed by atoms with E-state index in [2.05, 4.69) is 11.1 Å². The number of hydrogen-bond donors (Lipinski definition) is 0. The Balaban J connectivity index is 1.57. The van der Waals surface area contributed by atoms with Crippen molar-refractivity contribution in [3.05, 3.63) is 75.7 Å². The summed E-state index contributed by atoms with van der Waals surface area (Å²) in [6, 6.07) is 15.6. The maximum absolute atomic E-state index is 13.4. The molecular weight excluding hydrogens is 470 g/mol. The molecule has 1 saturated heterocycles. The summed E-state index contributed by atoms with van der Waals surface area (Å²) in [6.45, 7) is 1.67. The van der Waals surface area contributed by atoms with Gasteiger partial charge in [-0.05, 0) is 60.9 Å². The molecule has 0 saturated carbocycles. The third-order valence-corrected chi connectivity index (χ3v) is 6.96. The maximum Gasteiger partial charge on any atom is 0.265 e. The van der Waals surface area contributed by atoms with Gasteiger partial charge in [-0.25, -0.2) is 4.98 Å². The van der Waals surface area contributed by atoms with Gasteiger partial charge in [0.15, 0.2) is 0 Å². The Labute approximate surface area is 207 Å². The molecule has 0 bridgehead atoms. The summed E-state index contributed by atoms with van der Waals surface area (Å²) in [5, 5.41) is 1.60. The van der Waals surface area contributed by atoms with E-state index in [1.54, 1.807) is 18.8 Å². The highest BCUT2D eigenvalue weighted by Crippen LogP contribution is 2.30. The van der Waals surface area contributed by atoms with Crippen molar-refractivity contribution in [1.29, 1.82) is 0 Å². The first kappa shape index (κ1) is 22.8. The number of thiazole rings is 1. The Kier molecular flexibility index (Phi) is 6.76. The number of aromatic nitrogens is 2. The summed E-state index contributed by atoms with van der Waals surface area (Å²) in [6.07, 6.45) is 3.63. The third kappa shape index (κ3) is 4.92. The summed E-state index contributed by atoms with van der Waals surface area (Å²) >= 11 is 7.60. The minimum absolute atomic E-state index is 0.0357. The molecule has 8 heteroatoms. The molecule has 0 aliphatic carbocycles. The van der Waals surface area contributed by atoms with E-state index in [1.165, 1.54) is 11.3 Å². The molecule has 5 rings (SSSR count). The van der Waals surface area contributed by atoms with Crippen molar-refractivity contribution in [2.75, 3.05) is 20.3 Å². The number of carbonyl (C=O) groups excluding carboxylic acids is 1. The number of benzene rings is 2. The lowest BCUT2D eigenvalue weighted by Crippen LogP contribution is -2.36. The van der Waals surface area contributed by atoms with Crippen molar-refractivity contribution in [3.63, 3.8) is 0 Å². The largest absolute Gasteiger partial charge is 0.497 e. The number of pyridine rings is 1. The van der Waals surface area contributed by atoms with Crippen LogP contribution in [0.5, 0.6) is 5.75 Å². The van der Waals surface area contributed by atoms with Crippen LogP contribution < -0.4 is 4.74 Å². The molecule has 1 unspecified atom stereocenters. The second-order valence-electron chi connectivity index (χ2n) is 8.25. The highest BCUT2D eigenvalue weighted by atomic mass is 35.5. The molecule has 1 aliphatic rings. The molecule has 174 valence electrons. The first-order chi connectivity index (χ1) is 16.6. The molecule has 4 aromatic rings. The van der Waals surface area contributed by atoms with Crippen LogP contribution in [0, 0.1) is 0 Å². The van der Waals surface area contributed by atoms with Crippen molar-refractivity contribution in [3.8, 4) is 17.0 Å². The molecule has 1 fully saturated rings. The van der Waals surface area contributed by atoms with Gasteiger partial charge in [-0.3, -0.25) is 9.78 Å². The quantitative estimate of drug-likeness (QED) is 0.323. The van der Waals surface area contributed by atoms with Crippen molar-refractivity contribution < 1.29 is 14.3 Å². The standard InChI is InChI=1S/C26H24ClN3O3S/c1-32-21-8-5-17(6-9-21)25-19(11-18-4-7-20(27)12-23(18)29-25)14-30(15-22-3-2-10-33-22)26(31)24-13-28-16-34-24/h4-9,11-13,16,22H,2-3,10,14-15H2,1H3. The topological polar surface area (TPSA) is 64.6 Å². The Morgan fingerprint density at radius 1 is 1.24 bits per heavy atom. The molecule has 3 heterocycles. The maximum atomic E-state index is 13.4. The highest BCUT2D eigenvalue weighted by Gasteiger charge is 2.26. The smallest absolute Gasteiger partial charge is 0.265 e. The zero-order chi connectivity index (χ0) is 23.5. The Morgan fingerprint density at radius 3 is 2.79 bits per heavy atom. The first-order valence-corrected chi connectivity index (χ1v) is 12.4. The fourth-order valence-electron chi connectivity index (χ4n) is 4.24. The monoisotopic (exact) mass is 493 g/mol. The summed E-state index contributed by atoms with van der Waals surface area (Å²) in [5.41, 5.74) is 5.20. The fourth-order valence-corrected chi connectivity index (χ4v) is 4.99. The van der Waals surface area contributed by atoms with Crippen LogP contribution in [-0.2, 0) is 11.3 Å². The van der Waals surface area contributed by atoms with Crippen LogP contribution in [-0.4, -0.2) is 47.1 Å². The molecule has 2 aromatic heterocycles. The number of carbonyl (C=O) groups is 1. The molecule has 34 heavy (non-hydrogen) atoms. The molecule has 6 nitrogen and oxygen atoms in total. The number of rotatable bonds is 7. The SMILES string of the molecule is COc1ccc(-c2nc3cc(Cl)ccc3cc2CN(CC2CCCO2)C(=O)c2cncs2)cc1. The van der Waals surface area contributed by atoms with Crippen molar-refractivity contribution in [2.45, 2.75) is 25.5 Å². The van der Waals surface area contributed by atoms with E-state index < -0.39 is 0 Å². The van der Waals surface area contributed by atoms with E-state index in [0.717, 1.165) is 52.9 Å². The van der Waals surface area contributed by atoms with Crippen LogP contribution in [0.3, 0.4) is 0 Å². The number of halogens is 1. The second-order valence-corrected chi connectivity index (χ2v) is 9.57. The first-order valence-electron chi connectivity index (χ1n) is 11.1. The number of fused-ring (bicyclic) bond motifs is 1. The number of nitrogens with zero attached hydrogens (tertiary/aromatic N) is 3. The number of amides is 1. The third-order valence-electron chi connectivity index (χ3n) is 5.96. The van der Waals surface area contributed by atoms with Gasteiger partial charge < -0.3 is 14.4 Å². The van der Waals surface area contributed by atoms with Crippen molar-refractivity contribution in [1.82, 2.24) is 14.9 Å². The van der Waals surface area contributed by atoms with Gasteiger partial charge in [0.05, 0.1) is 36.1 Å². The summed E-state index contributed by atoms with van der Waals surface area (Å²) in [4.78, 5) is 25.0. The number of methoxy groups -OCH3 is 1.